The minimum Gasteiger partial charge on any atom is -0.377 e. The summed E-state index contributed by atoms with van der Waals surface area (Å²) in [5, 5.41) is 0. The smallest absolute Gasteiger partial charge is 0.0396 e. The van der Waals surface area contributed by atoms with Gasteiger partial charge in [-0.3, -0.25) is 0 Å². The summed E-state index contributed by atoms with van der Waals surface area (Å²) in [5.74, 6) is 1.00. The standard InChI is InChI=1S/C23H38N2/c1-4-16-25(17-15-19-9-6-5-7-10-19)21-14-13-20-11-8-12-23(24(2)3)22(20)18-21/h8,11-12,19,21H,4-7,9-10,13-18H2,1-3H3. The molecule has 1 aromatic rings. The van der Waals surface area contributed by atoms with Crippen molar-refractivity contribution < 1.29 is 0 Å². The van der Waals surface area contributed by atoms with Crippen LogP contribution in [-0.2, 0) is 12.8 Å². The van der Waals surface area contributed by atoms with E-state index in [1.54, 1.807) is 11.1 Å². The number of benzene rings is 1. The molecular formula is C23H38N2. The fourth-order valence-electron chi connectivity index (χ4n) is 5.07. The third-order valence-electron chi connectivity index (χ3n) is 6.49. The third-order valence-corrected chi connectivity index (χ3v) is 6.49. The maximum atomic E-state index is 2.84. The minimum absolute atomic E-state index is 0.747. The molecular weight excluding hydrogens is 304 g/mol. The molecule has 2 aliphatic rings. The van der Waals surface area contributed by atoms with Crippen molar-refractivity contribution in [3.63, 3.8) is 0 Å². The first-order chi connectivity index (χ1) is 12.2. The van der Waals surface area contributed by atoms with Crippen molar-refractivity contribution in [2.24, 2.45) is 5.92 Å². The second kappa shape index (κ2) is 9.07. The minimum atomic E-state index is 0.747. The number of hydrogen-bond acceptors (Lipinski definition) is 2. The summed E-state index contributed by atoms with van der Waals surface area (Å²) in [4.78, 5) is 5.14. The van der Waals surface area contributed by atoms with Crippen molar-refractivity contribution in [1.29, 1.82) is 0 Å². The summed E-state index contributed by atoms with van der Waals surface area (Å²) in [6.07, 6.45) is 13.9. The quantitative estimate of drug-likeness (QED) is 0.664. The first-order valence-corrected chi connectivity index (χ1v) is 10.7. The van der Waals surface area contributed by atoms with Crippen LogP contribution in [0.5, 0.6) is 0 Å². The second-order valence-corrected chi connectivity index (χ2v) is 8.53. The molecule has 0 aromatic heterocycles. The van der Waals surface area contributed by atoms with Crippen molar-refractivity contribution in [2.75, 3.05) is 32.1 Å². The van der Waals surface area contributed by atoms with Crippen LogP contribution in [0.15, 0.2) is 18.2 Å². The molecule has 3 rings (SSSR count). The van der Waals surface area contributed by atoms with Gasteiger partial charge in [0.15, 0.2) is 0 Å². The first kappa shape index (κ1) is 18.8. The van der Waals surface area contributed by atoms with E-state index in [0.717, 1.165) is 12.0 Å². The Bertz CT molecular complexity index is 531. The Kier molecular flexibility index (Phi) is 6.81. The van der Waals surface area contributed by atoms with E-state index in [1.807, 2.05) is 0 Å². The lowest BCUT2D eigenvalue weighted by atomic mass is 9.84. The summed E-state index contributed by atoms with van der Waals surface area (Å²) in [6, 6.07) is 7.64. The highest BCUT2D eigenvalue weighted by Gasteiger charge is 2.26. The molecule has 0 heterocycles. The van der Waals surface area contributed by atoms with Crippen LogP contribution in [0, 0.1) is 5.92 Å². The van der Waals surface area contributed by atoms with Gasteiger partial charge >= 0.3 is 0 Å². The zero-order valence-electron chi connectivity index (χ0n) is 16.8. The van der Waals surface area contributed by atoms with Gasteiger partial charge in [0.25, 0.3) is 0 Å². The lowest BCUT2D eigenvalue weighted by Crippen LogP contribution is -2.41. The zero-order valence-corrected chi connectivity index (χ0v) is 16.8. The molecule has 2 nitrogen and oxygen atoms in total. The number of anilines is 1. The molecule has 140 valence electrons. The molecule has 0 bridgehead atoms. The van der Waals surface area contributed by atoms with Crippen molar-refractivity contribution in [2.45, 2.75) is 77.2 Å². The lowest BCUT2D eigenvalue weighted by Gasteiger charge is -2.37. The number of nitrogens with zero attached hydrogens (tertiary/aromatic N) is 2. The molecule has 0 aliphatic heterocycles. The van der Waals surface area contributed by atoms with E-state index >= 15 is 0 Å². The Morgan fingerprint density at radius 3 is 2.52 bits per heavy atom. The number of fused-ring (bicyclic) bond motifs is 1. The maximum absolute atomic E-state index is 2.84. The summed E-state index contributed by atoms with van der Waals surface area (Å²) in [6.45, 7) is 4.94. The maximum Gasteiger partial charge on any atom is 0.0396 e. The van der Waals surface area contributed by atoms with Gasteiger partial charge in [-0.15, -0.1) is 0 Å². The van der Waals surface area contributed by atoms with E-state index in [0.29, 0.717) is 0 Å². The van der Waals surface area contributed by atoms with Crippen LogP contribution in [0.25, 0.3) is 0 Å². The highest BCUT2D eigenvalue weighted by atomic mass is 15.2. The van der Waals surface area contributed by atoms with Crippen LogP contribution in [0.4, 0.5) is 5.69 Å². The van der Waals surface area contributed by atoms with Gasteiger partial charge in [-0.25, -0.2) is 0 Å². The highest BCUT2D eigenvalue weighted by Crippen LogP contribution is 2.32. The topological polar surface area (TPSA) is 6.48 Å². The van der Waals surface area contributed by atoms with E-state index < -0.39 is 0 Å². The number of hydrogen-bond donors (Lipinski definition) is 0. The summed E-state index contributed by atoms with van der Waals surface area (Å²) >= 11 is 0. The predicted molar refractivity (Wildman–Crippen MR) is 110 cm³/mol. The fourth-order valence-corrected chi connectivity index (χ4v) is 5.07. The average molecular weight is 343 g/mol. The summed E-state index contributed by atoms with van der Waals surface area (Å²) in [5.41, 5.74) is 4.64. The van der Waals surface area contributed by atoms with Crippen LogP contribution >= 0.6 is 0 Å². The normalized spacial score (nSPS) is 21.4. The molecule has 0 spiro atoms. The predicted octanol–water partition coefficient (Wildman–Crippen LogP) is 5.29. The molecule has 2 aliphatic carbocycles. The van der Waals surface area contributed by atoms with Gasteiger partial charge < -0.3 is 9.80 Å². The van der Waals surface area contributed by atoms with Crippen molar-refractivity contribution >= 4 is 5.69 Å². The molecule has 0 saturated heterocycles. The van der Waals surface area contributed by atoms with Gasteiger partial charge in [0.2, 0.25) is 0 Å². The molecule has 1 aromatic carbocycles. The van der Waals surface area contributed by atoms with E-state index in [4.69, 9.17) is 0 Å². The second-order valence-electron chi connectivity index (χ2n) is 8.53. The molecule has 2 heteroatoms. The van der Waals surface area contributed by atoms with Crippen molar-refractivity contribution in [3.05, 3.63) is 29.3 Å². The Balaban J connectivity index is 1.66. The summed E-state index contributed by atoms with van der Waals surface area (Å²) < 4.78 is 0. The van der Waals surface area contributed by atoms with Crippen LogP contribution in [0.3, 0.4) is 0 Å². The van der Waals surface area contributed by atoms with Crippen LogP contribution in [-0.4, -0.2) is 38.1 Å². The molecule has 0 radical (unpaired) electrons. The molecule has 25 heavy (non-hydrogen) atoms. The van der Waals surface area contributed by atoms with E-state index in [-0.39, 0.29) is 0 Å². The molecule has 0 N–H and O–H groups in total. The monoisotopic (exact) mass is 342 g/mol. The van der Waals surface area contributed by atoms with E-state index in [9.17, 15) is 0 Å². The SMILES string of the molecule is CCCN(CCC1CCCCC1)C1CCc2cccc(N(C)C)c2C1. The largest absolute Gasteiger partial charge is 0.377 e. The van der Waals surface area contributed by atoms with Crippen molar-refractivity contribution in [3.8, 4) is 0 Å². The van der Waals surface area contributed by atoms with Gasteiger partial charge in [-0.2, -0.15) is 0 Å². The highest BCUT2D eigenvalue weighted by molar-refractivity contribution is 5.57. The van der Waals surface area contributed by atoms with Gasteiger partial charge in [-0.1, -0.05) is 51.2 Å². The van der Waals surface area contributed by atoms with E-state index in [1.165, 1.54) is 83.0 Å². The van der Waals surface area contributed by atoms with Crippen LogP contribution in [0.2, 0.25) is 0 Å². The van der Waals surface area contributed by atoms with Crippen molar-refractivity contribution in [1.82, 2.24) is 4.90 Å². The van der Waals surface area contributed by atoms with Gasteiger partial charge in [0.05, 0.1) is 0 Å². The Morgan fingerprint density at radius 1 is 1.00 bits per heavy atom. The first-order valence-electron chi connectivity index (χ1n) is 10.7. The Morgan fingerprint density at radius 2 is 1.80 bits per heavy atom. The number of rotatable bonds is 7. The number of aryl methyl sites for hydroxylation is 1. The third kappa shape index (κ3) is 4.78. The van der Waals surface area contributed by atoms with Gasteiger partial charge in [0.1, 0.15) is 0 Å². The average Bonchev–Trinajstić information content (AvgIpc) is 2.65. The van der Waals surface area contributed by atoms with Gasteiger partial charge in [0, 0.05) is 25.8 Å². The Hall–Kier alpha value is -1.02. The van der Waals surface area contributed by atoms with Crippen LogP contribution < -0.4 is 4.90 Å². The molecule has 0 amide bonds. The van der Waals surface area contributed by atoms with E-state index in [2.05, 4.69) is 49.0 Å². The zero-order chi connectivity index (χ0) is 17.6. The molecule has 1 saturated carbocycles. The Labute approximate surface area is 155 Å². The van der Waals surface area contributed by atoms with Crippen LogP contribution in [0.1, 0.15) is 69.4 Å². The summed E-state index contributed by atoms with van der Waals surface area (Å²) in [7, 11) is 4.37. The molecule has 1 atom stereocenters. The van der Waals surface area contributed by atoms with Gasteiger partial charge in [-0.05, 0) is 68.3 Å². The fraction of sp³-hybridized carbons (Fsp3) is 0.739. The molecule has 1 fully saturated rings. The molecule has 1 unspecified atom stereocenters. The lowest BCUT2D eigenvalue weighted by molar-refractivity contribution is 0.160.